The van der Waals surface area contributed by atoms with Crippen molar-refractivity contribution in [3.8, 4) is 27.8 Å². The summed E-state index contributed by atoms with van der Waals surface area (Å²) in [5, 5.41) is 9.78. The summed E-state index contributed by atoms with van der Waals surface area (Å²) in [4.78, 5) is 26.1. The zero-order valence-corrected chi connectivity index (χ0v) is 22.2. The molecule has 1 saturated heterocycles. The third kappa shape index (κ3) is 5.82. The van der Waals surface area contributed by atoms with Gasteiger partial charge in [-0.25, -0.2) is 14.5 Å². The van der Waals surface area contributed by atoms with Crippen LogP contribution >= 0.6 is 11.3 Å². The Morgan fingerprint density at radius 3 is 2.81 bits per heavy atom. The fourth-order valence-corrected chi connectivity index (χ4v) is 5.18. The average Bonchev–Trinajstić information content (AvgIpc) is 3.69. The molecule has 0 spiro atoms. The van der Waals surface area contributed by atoms with Crippen LogP contribution in [0.2, 0.25) is 0 Å². The number of hydrogen-bond acceptors (Lipinski definition) is 8. The number of nitrogens with one attached hydrogen (secondary N) is 1. The molecule has 10 heteroatoms. The second-order valence-corrected chi connectivity index (χ2v) is 10.0. The topological polar surface area (TPSA) is 93.9 Å². The van der Waals surface area contributed by atoms with E-state index in [9.17, 15) is 4.79 Å². The highest BCUT2D eigenvalue weighted by Gasteiger charge is 2.21. The summed E-state index contributed by atoms with van der Waals surface area (Å²) >= 11 is 1.64. The van der Waals surface area contributed by atoms with Crippen molar-refractivity contribution in [2.45, 2.75) is 39.3 Å². The summed E-state index contributed by atoms with van der Waals surface area (Å²) < 4.78 is 13.3. The summed E-state index contributed by atoms with van der Waals surface area (Å²) in [6, 6.07) is 11.6. The normalized spacial score (nSPS) is 16.4. The van der Waals surface area contributed by atoms with Crippen molar-refractivity contribution in [1.82, 2.24) is 29.8 Å². The first kappa shape index (κ1) is 25.3. The van der Waals surface area contributed by atoms with E-state index < -0.39 is 0 Å². The van der Waals surface area contributed by atoms with Gasteiger partial charge < -0.3 is 14.8 Å². The van der Waals surface area contributed by atoms with Crippen molar-refractivity contribution in [2.75, 3.05) is 32.8 Å². The van der Waals surface area contributed by atoms with E-state index in [-0.39, 0.29) is 18.1 Å². The van der Waals surface area contributed by atoms with E-state index in [2.05, 4.69) is 36.1 Å². The Bertz CT molecular complexity index is 1350. The molecular formula is C27H32N6O3S. The minimum absolute atomic E-state index is 0.0857. The number of likely N-dealkylation sites (N-methyl/N-ethyl adjacent to an activating group) is 1. The Morgan fingerprint density at radius 2 is 2.08 bits per heavy atom. The van der Waals surface area contributed by atoms with Crippen LogP contribution in [0, 0.1) is 0 Å². The van der Waals surface area contributed by atoms with Crippen LogP contribution in [0.15, 0.2) is 48.0 Å². The third-order valence-electron chi connectivity index (χ3n) is 6.59. The number of pyridine rings is 1. The molecule has 0 unspecified atom stereocenters. The van der Waals surface area contributed by atoms with Gasteiger partial charge in [-0.2, -0.15) is 5.10 Å². The SMILES string of the molecule is CCN(CC)[C@@H](C)CNC(=O)c1cc(O[C@@H]2CCOC2)nc(-c2cc3nc(-c4cccs4)ccn3n2)c1. The molecule has 1 aliphatic heterocycles. The highest BCUT2D eigenvalue weighted by atomic mass is 32.1. The van der Waals surface area contributed by atoms with Crippen LogP contribution in [0.1, 0.15) is 37.6 Å². The molecule has 0 bridgehead atoms. The summed E-state index contributed by atoms with van der Waals surface area (Å²) in [5.41, 5.74) is 3.26. The number of carbonyl (C=O) groups excluding carboxylic acids is 1. The Hall–Kier alpha value is -3.34. The Labute approximate surface area is 220 Å². The molecule has 0 saturated carbocycles. The van der Waals surface area contributed by atoms with Crippen molar-refractivity contribution in [1.29, 1.82) is 0 Å². The molecule has 1 aliphatic rings. The summed E-state index contributed by atoms with van der Waals surface area (Å²) in [5.74, 6) is 0.219. The summed E-state index contributed by atoms with van der Waals surface area (Å²) in [6.07, 6.45) is 2.59. The van der Waals surface area contributed by atoms with Crippen LogP contribution in [-0.4, -0.2) is 75.4 Å². The maximum Gasteiger partial charge on any atom is 0.251 e. The van der Waals surface area contributed by atoms with Crippen molar-refractivity contribution in [3.05, 3.63) is 53.5 Å². The molecule has 194 valence electrons. The van der Waals surface area contributed by atoms with E-state index >= 15 is 0 Å². The first-order valence-electron chi connectivity index (χ1n) is 12.7. The molecule has 0 aliphatic carbocycles. The molecule has 5 rings (SSSR count). The lowest BCUT2D eigenvalue weighted by Gasteiger charge is -2.26. The first-order valence-corrected chi connectivity index (χ1v) is 13.6. The van der Waals surface area contributed by atoms with E-state index in [4.69, 9.17) is 19.4 Å². The molecular weight excluding hydrogens is 488 g/mol. The predicted octanol–water partition coefficient (Wildman–Crippen LogP) is 4.15. The lowest BCUT2D eigenvalue weighted by Crippen LogP contribution is -2.42. The van der Waals surface area contributed by atoms with Gasteiger partial charge in [0.1, 0.15) is 11.8 Å². The summed E-state index contributed by atoms with van der Waals surface area (Å²) in [7, 11) is 0. The van der Waals surface area contributed by atoms with Gasteiger partial charge in [0.25, 0.3) is 5.91 Å². The third-order valence-corrected chi connectivity index (χ3v) is 7.49. The van der Waals surface area contributed by atoms with Gasteiger partial charge in [0.2, 0.25) is 5.88 Å². The Balaban J connectivity index is 1.44. The van der Waals surface area contributed by atoms with Crippen LogP contribution in [0.4, 0.5) is 0 Å². The van der Waals surface area contributed by atoms with Gasteiger partial charge >= 0.3 is 0 Å². The van der Waals surface area contributed by atoms with E-state index in [1.165, 1.54) is 0 Å². The zero-order valence-electron chi connectivity index (χ0n) is 21.4. The lowest BCUT2D eigenvalue weighted by molar-refractivity contribution is 0.0936. The molecule has 4 aromatic rings. The fraction of sp³-hybridized carbons (Fsp3) is 0.407. The number of rotatable bonds is 10. The molecule has 0 radical (unpaired) electrons. The molecule has 37 heavy (non-hydrogen) atoms. The predicted molar refractivity (Wildman–Crippen MR) is 144 cm³/mol. The maximum absolute atomic E-state index is 13.2. The Kier molecular flexibility index (Phi) is 7.78. The molecule has 2 atom stereocenters. The number of fused-ring (bicyclic) bond motifs is 1. The Morgan fingerprint density at radius 1 is 1.22 bits per heavy atom. The van der Waals surface area contributed by atoms with E-state index in [0.29, 0.717) is 48.2 Å². The number of ether oxygens (including phenoxy) is 2. The molecule has 1 N–H and O–H groups in total. The smallest absolute Gasteiger partial charge is 0.251 e. The van der Waals surface area contributed by atoms with Crippen LogP contribution < -0.4 is 10.1 Å². The van der Waals surface area contributed by atoms with Crippen LogP contribution in [-0.2, 0) is 4.74 Å². The minimum atomic E-state index is -0.169. The molecule has 1 fully saturated rings. The number of carbonyl (C=O) groups is 1. The van der Waals surface area contributed by atoms with Gasteiger partial charge in [-0.1, -0.05) is 19.9 Å². The molecule has 5 heterocycles. The largest absolute Gasteiger partial charge is 0.472 e. The highest BCUT2D eigenvalue weighted by Crippen LogP contribution is 2.26. The van der Waals surface area contributed by atoms with Gasteiger partial charge in [0.15, 0.2) is 5.65 Å². The van der Waals surface area contributed by atoms with Gasteiger partial charge in [-0.05, 0) is 43.6 Å². The van der Waals surface area contributed by atoms with Crippen molar-refractivity contribution in [3.63, 3.8) is 0 Å². The van der Waals surface area contributed by atoms with Gasteiger partial charge in [0.05, 0.1) is 29.5 Å². The fourth-order valence-electron chi connectivity index (χ4n) is 4.49. The summed E-state index contributed by atoms with van der Waals surface area (Å²) in [6.45, 7) is 9.96. The molecule has 1 amide bonds. The number of thiophene rings is 1. The highest BCUT2D eigenvalue weighted by molar-refractivity contribution is 7.13. The molecule has 9 nitrogen and oxygen atoms in total. The van der Waals surface area contributed by atoms with Crippen LogP contribution in [0.5, 0.6) is 5.88 Å². The molecule has 0 aromatic carbocycles. The second-order valence-electron chi connectivity index (χ2n) is 9.09. The lowest BCUT2D eigenvalue weighted by atomic mass is 10.1. The van der Waals surface area contributed by atoms with Crippen LogP contribution in [0.25, 0.3) is 27.6 Å². The number of nitrogens with zero attached hydrogens (tertiary/aromatic N) is 5. The quantitative estimate of drug-likeness (QED) is 0.336. The van der Waals surface area contributed by atoms with Gasteiger partial charge in [-0.15, -0.1) is 11.3 Å². The van der Waals surface area contributed by atoms with Crippen molar-refractivity contribution < 1.29 is 14.3 Å². The van der Waals surface area contributed by atoms with E-state index in [1.807, 2.05) is 35.8 Å². The van der Waals surface area contributed by atoms with Crippen molar-refractivity contribution in [2.24, 2.45) is 0 Å². The van der Waals surface area contributed by atoms with E-state index in [0.717, 1.165) is 30.1 Å². The molecule has 4 aromatic heterocycles. The number of hydrogen-bond donors (Lipinski definition) is 1. The monoisotopic (exact) mass is 520 g/mol. The average molecular weight is 521 g/mol. The number of aromatic nitrogens is 4. The van der Waals surface area contributed by atoms with Gasteiger partial charge in [0, 0.05) is 42.9 Å². The van der Waals surface area contributed by atoms with Crippen LogP contribution in [0.3, 0.4) is 0 Å². The number of amides is 1. The second kappa shape index (κ2) is 11.4. The minimum Gasteiger partial charge on any atom is -0.472 e. The zero-order chi connectivity index (χ0) is 25.8. The van der Waals surface area contributed by atoms with E-state index in [1.54, 1.807) is 28.0 Å². The van der Waals surface area contributed by atoms with Crippen molar-refractivity contribution >= 4 is 22.9 Å². The standard InChI is InChI=1S/C27H32N6O3S/c1-4-32(5-2)18(3)16-28-27(34)19-13-22(30-26(14-19)36-20-9-11-35-17-20)23-15-25-29-21(8-10-33(25)31-23)24-7-6-12-37-24/h6-8,10,12-15,18,20H,4-5,9,11,16-17H2,1-3H3,(H,28,34)/t18-,20+/m0/s1. The first-order chi connectivity index (χ1) is 18.0. The van der Waals surface area contributed by atoms with Gasteiger partial charge in [-0.3, -0.25) is 9.69 Å². The maximum atomic E-state index is 13.2.